The molecule has 21 heavy (non-hydrogen) atoms. The third-order valence-electron chi connectivity index (χ3n) is 3.61. The Morgan fingerprint density at radius 3 is 2.33 bits per heavy atom. The quantitative estimate of drug-likeness (QED) is 0.502. The highest BCUT2D eigenvalue weighted by molar-refractivity contribution is 6.40. The Balaban J connectivity index is 0.00000220. The van der Waals surface area contributed by atoms with Crippen molar-refractivity contribution in [2.24, 2.45) is 4.99 Å². The van der Waals surface area contributed by atoms with E-state index in [9.17, 15) is 14.7 Å². The lowest BCUT2D eigenvalue weighted by atomic mass is 9.98. The zero-order valence-corrected chi connectivity index (χ0v) is 13.4. The number of aliphatic hydroxyl groups is 1. The number of hydrogen-bond acceptors (Lipinski definition) is 4. The molecule has 0 aliphatic carbocycles. The van der Waals surface area contributed by atoms with Gasteiger partial charge in [0.05, 0.1) is 13.2 Å². The number of likely N-dealkylation sites (N-methyl/N-ethyl adjacent to an activating group) is 1. The summed E-state index contributed by atoms with van der Waals surface area (Å²) in [6.07, 6.45) is 3.48. The van der Waals surface area contributed by atoms with Crippen molar-refractivity contribution in [2.75, 3.05) is 7.05 Å². The molecule has 0 fully saturated rings. The van der Waals surface area contributed by atoms with Crippen LogP contribution in [0.25, 0.3) is 0 Å². The fourth-order valence-electron chi connectivity index (χ4n) is 2.01. The van der Waals surface area contributed by atoms with Crippen LogP contribution in [0.3, 0.4) is 0 Å². The zero-order valence-electron chi connectivity index (χ0n) is 11.8. The Morgan fingerprint density at radius 2 is 1.81 bits per heavy atom. The Morgan fingerprint density at radius 1 is 1.19 bits per heavy atom. The molecule has 0 amide bonds. The van der Waals surface area contributed by atoms with Crippen molar-refractivity contribution >= 4 is 17.9 Å². The molecule has 1 aromatic carbocycles. The standard InChI is InChI=1S/C15H17N2O3.BrH/c1-11(17(2)9-8-16-10-17)13(18)15(20)14(19)12-6-4-3-5-7-12;/h3-11,14,19H,1-2H3;1H/q+1;/p-1. The molecule has 0 saturated heterocycles. The molecule has 1 N–H and O–H groups in total. The smallest absolute Gasteiger partial charge is 0.259 e. The Hall–Kier alpha value is -1.63. The Labute approximate surface area is 134 Å². The highest BCUT2D eigenvalue weighted by atomic mass is 79.9. The summed E-state index contributed by atoms with van der Waals surface area (Å²) < 4.78 is 0.131. The number of halogens is 1. The van der Waals surface area contributed by atoms with Crippen molar-refractivity contribution in [3.8, 4) is 0 Å². The molecule has 5 nitrogen and oxygen atoms in total. The minimum absolute atomic E-state index is 0. The second-order valence-corrected chi connectivity index (χ2v) is 5.00. The third-order valence-corrected chi connectivity index (χ3v) is 3.61. The van der Waals surface area contributed by atoms with E-state index in [4.69, 9.17) is 0 Å². The van der Waals surface area contributed by atoms with Gasteiger partial charge < -0.3 is 22.1 Å². The van der Waals surface area contributed by atoms with Crippen LogP contribution in [-0.4, -0.2) is 40.6 Å². The van der Waals surface area contributed by atoms with Crippen LogP contribution in [0.15, 0.2) is 47.7 Å². The molecule has 0 bridgehead atoms. The van der Waals surface area contributed by atoms with Gasteiger partial charge in [0.1, 0.15) is 12.3 Å². The van der Waals surface area contributed by atoms with Crippen LogP contribution in [0.2, 0.25) is 0 Å². The number of carbonyl (C=O) groups is 2. The minimum Gasteiger partial charge on any atom is -1.00 e. The molecule has 0 aromatic heterocycles. The van der Waals surface area contributed by atoms with Crippen LogP contribution in [-0.2, 0) is 9.59 Å². The Kier molecular flexibility index (Phi) is 5.71. The minimum atomic E-state index is -1.42. The molecule has 6 heteroatoms. The van der Waals surface area contributed by atoms with Gasteiger partial charge in [0, 0.05) is 0 Å². The van der Waals surface area contributed by atoms with Crippen molar-refractivity contribution in [1.82, 2.24) is 0 Å². The fourth-order valence-corrected chi connectivity index (χ4v) is 2.01. The maximum Gasteiger partial charge on any atom is 0.259 e. The molecule has 0 saturated carbocycles. The van der Waals surface area contributed by atoms with Gasteiger partial charge in [-0.15, -0.1) is 0 Å². The van der Waals surface area contributed by atoms with E-state index < -0.39 is 23.7 Å². The maximum absolute atomic E-state index is 12.2. The molecule has 112 valence electrons. The van der Waals surface area contributed by atoms with Crippen molar-refractivity contribution < 1.29 is 36.2 Å². The van der Waals surface area contributed by atoms with E-state index in [0.717, 1.165) is 0 Å². The van der Waals surface area contributed by atoms with Gasteiger partial charge in [-0.2, -0.15) is 0 Å². The predicted molar refractivity (Wildman–Crippen MR) is 74.7 cm³/mol. The summed E-state index contributed by atoms with van der Waals surface area (Å²) in [5.74, 6) is -1.40. The summed E-state index contributed by atoms with van der Waals surface area (Å²) in [7, 11) is 1.78. The van der Waals surface area contributed by atoms with E-state index in [2.05, 4.69) is 4.99 Å². The number of rotatable bonds is 5. The van der Waals surface area contributed by atoms with Gasteiger partial charge in [-0.1, -0.05) is 30.3 Å². The Bertz CT molecular complexity index is 572. The normalized spacial score (nSPS) is 22.4. The van der Waals surface area contributed by atoms with E-state index in [0.29, 0.717) is 5.56 Å². The summed E-state index contributed by atoms with van der Waals surface area (Å²) in [6.45, 7) is 1.65. The second-order valence-electron chi connectivity index (χ2n) is 5.00. The number of quaternary nitrogens is 1. The predicted octanol–water partition coefficient (Wildman–Crippen LogP) is -1.79. The van der Waals surface area contributed by atoms with Gasteiger partial charge in [0.25, 0.3) is 5.78 Å². The summed E-state index contributed by atoms with van der Waals surface area (Å²) in [6, 6.07) is 7.82. The van der Waals surface area contributed by atoms with Crippen LogP contribution in [0.4, 0.5) is 0 Å². The molecule has 2 rings (SSSR count). The second kappa shape index (κ2) is 6.89. The molecule has 1 aromatic rings. The van der Waals surface area contributed by atoms with Gasteiger partial charge in [-0.05, 0) is 12.5 Å². The van der Waals surface area contributed by atoms with Gasteiger partial charge in [0.15, 0.2) is 12.4 Å². The zero-order chi connectivity index (χ0) is 14.8. The van der Waals surface area contributed by atoms with Crippen LogP contribution >= 0.6 is 0 Å². The first kappa shape index (κ1) is 17.4. The summed E-state index contributed by atoms with van der Waals surface area (Å²) in [5, 5.41) is 10.0. The third kappa shape index (κ3) is 3.53. The fraction of sp³-hybridized carbons (Fsp3) is 0.267. The number of aliphatic imine (C=N–C) groups is 1. The molecule has 0 radical (unpaired) electrons. The van der Waals surface area contributed by atoms with Gasteiger partial charge in [-0.3, -0.25) is 9.59 Å². The van der Waals surface area contributed by atoms with Gasteiger partial charge >= 0.3 is 0 Å². The molecule has 0 spiro atoms. The average molecular weight is 353 g/mol. The lowest BCUT2D eigenvalue weighted by Crippen LogP contribution is -3.00. The topological polar surface area (TPSA) is 66.7 Å². The van der Waals surface area contributed by atoms with E-state index in [1.54, 1.807) is 63.0 Å². The number of benzene rings is 1. The van der Waals surface area contributed by atoms with Gasteiger partial charge in [0.2, 0.25) is 5.78 Å². The monoisotopic (exact) mass is 352 g/mol. The first-order valence-corrected chi connectivity index (χ1v) is 6.34. The van der Waals surface area contributed by atoms with Crippen molar-refractivity contribution in [1.29, 1.82) is 0 Å². The van der Waals surface area contributed by atoms with E-state index in [-0.39, 0.29) is 21.5 Å². The number of nitrogens with zero attached hydrogens (tertiary/aromatic N) is 2. The van der Waals surface area contributed by atoms with Crippen LogP contribution in [0, 0.1) is 0 Å². The summed E-state index contributed by atoms with van der Waals surface area (Å²) in [4.78, 5) is 28.3. The first-order chi connectivity index (χ1) is 9.46. The maximum atomic E-state index is 12.2. The molecule has 1 aliphatic heterocycles. The highest BCUT2D eigenvalue weighted by Crippen LogP contribution is 2.19. The molecule has 3 atom stereocenters. The SMILES string of the molecule is CC(C(=O)C(=O)C(O)c1ccccc1)[N+]1(C)C=CN=C1.[Br-]. The van der Waals surface area contributed by atoms with Crippen LogP contribution < -0.4 is 17.0 Å². The van der Waals surface area contributed by atoms with Gasteiger partial charge in [-0.25, -0.2) is 9.48 Å². The lowest BCUT2D eigenvalue weighted by molar-refractivity contribution is -0.772. The molecule has 1 aliphatic rings. The van der Waals surface area contributed by atoms with Crippen molar-refractivity contribution in [3.05, 3.63) is 48.3 Å². The molecule has 1 heterocycles. The lowest BCUT2D eigenvalue weighted by Gasteiger charge is -2.28. The number of Topliss-reactive ketones (excluding diaryl/α,β-unsaturated/α-hetero) is 2. The number of ketones is 2. The van der Waals surface area contributed by atoms with E-state index >= 15 is 0 Å². The number of carbonyl (C=O) groups excluding carboxylic acids is 2. The van der Waals surface area contributed by atoms with Crippen LogP contribution in [0.5, 0.6) is 0 Å². The molecular formula is C15H17BrN2O3. The average Bonchev–Trinajstić information content (AvgIpc) is 2.93. The largest absolute Gasteiger partial charge is 1.00 e. The van der Waals surface area contributed by atoms with Crippen molar-refractivity contribution in [3.63, 3.8) is 0 Å². The summed E-state index contributed by atoms with van der Waals surface area (Å²) in [5.41, 5.74) is 0.423. The van der Waals surface area contributed by atoms with Crippen molar-refractivity contribution in [2.45, 2.75) is 19.1 Å². The van der Waals surface area contributed by atoms with E-state index in [1.165, 1.54) is 0 Å². The van der Waals surface area contributed by atoms with E-state index in [1.807, 2.05) is 0 Å². The number of hydrogen-bond donors (Lipinski definition) is 1. The summed E-state index contributed by atoms with van der Waals surface area (Å²) >= 11 is 0. The molecule has 3 unspecified atom stereocenters. The highest BCUT2D eigenvalue weighted by Gasteiger charge is 2.39. The first-order valence-electron chi connectivity index (χ1n) is 6.34. The molecular weight excluding hydrogens is 336 g/mol. The van der Waals surface area contributed by atoms with Crippen LogP contribution in [0.1, 0.15) is 18.6 Å². The number of aliphatic hydroxyl groups excluding tert-OH is 1.